The van der Waals surface area contributed by atoms with Crippen LogP contribution in [0.5, 0.6) is 0 Å². The number of amides is 3. The van der Waals surface area contributed by atoms with Crippen molar-refractivity contribution in [2.75, 3.05) is 32.7 Å². The zero-order valence-corrected chi connectivity index (χ0v) is 15.9. The summed E-state index contributed by atoms with van der Waals surface area (Å²) in [5.41, 5.74) is 6.32. The molecule has 1 saturated heterocycles. The Morgan fingerprint density at radius 1 is 1.29 bits per heavy atom. The average molecular weight is 386 g/mol. The highest BCUT2D eigenvalue weighted by Gasteiger charge is 2.21. The minimum absolute atomic E-state index is 0.0350. The van der Waals surface area contributed by atoms with Gasteiger partial charge in [-0.2, -0.15) is 5.10 Å². The molecular formula is C19H26N6O3. The van der Waals surface area contributed by atoms with Crippen LogP contribution < -0.4 is 16.4 Å². The summed E-state index contributed by atoms with van der Waals surface area (Å²) in [5, 5.41) is 9.34. The fourth-order valence-electron chi connectivity index (χ4n) is 2.41. The molecule has 150 valence electrons. The molecule has 9 nitrogen and oxygen atoms in total. The first-order valence-corrected chi connectivity index (χ1v) is 9.18. The predicted molar refractivity (Wildman–Crippen MR) is 105 cm³/mol. The van der Waals surface area contributed by atoms with Gasteiger partial charge in [-0.15, -0.1) is 0 Å². The number of nitrogens with one attached hydrogen (secondary N) is 2. The van der Waals surface area contributed by atoms with Gasteiger partial charge in [-0.3, -0.25) is 14.4 Å². The summed E-state index contributed by atoms with van der Waals surface area (Å²) < 4.78 is 1.69. The number of aromatic nitrogens is 2. The van der Waals surface area contributed by atoms with Gasteiger partial charge in [0, 0.05) is 31.0 Å². The van der Waals surface area contributed by atoms with Crippen molar-refractivity contribution in [2.24, 2.45) is 5.73 Å². The number of rotatable bonds is 5. The molecule has 0 aliphatic carbocycles. The first-order chi connectivity index (χ1) is 13.5. The van der Waals surface area contributed by atoms with Crippen molar-refractivity contribution in [2.45, 2.75) is 13.3 Å². The van der Waals surface area contributed by atoms with E-state index in [0.29, 0.717) is 18.7 Å². The van der Waals surface area contributed by atoms with Crippen molar-refractivity contribution in [3.8, 4) is 5.69 Å². The summed E-state index contributed by atoms with van der Waals surface area (Å²) in [7, 11) is 0. The van der Waals surface area contributed by atoms with Gasteiger partial charge < -0.3 is 21.3 Å². The number of nitrogens with two attached hydrogens (primary N) is 1. The van der Waals surface area contributed by atoms with Crippen LogP contribution in [0.3, 0.4) is 0 Å². The number of hydrogen-bond donors (Lipinski definition) is 3. The number of benzene rings is 1. The van der Waals surface area contributed by atoms with E-state index in [2.05, 4.69) is 22.7 Å². The number of piperazine rings is 1. The predicted octanol–water partition coefficient (Wildman–Crippen LogP) is -0.0844. The summed E-state index contributed by atoms with van der Waals surface area (Å²) >= 11 is 0. The Bertz CT molecular complexity index is 771. The SMILES string of the molecule is CCCN.O=C1CN(C(=O)CNC(=O)c2ccc(-n3cccn3)cc2)CCN1. The van der Waals surface area contributed by atoms with E-state index in [1.807, 2.05) is 12.3 Å². The van der Waals surface area contributed by atoms with Crippen molar-refractivity contribution >= 4 is 17.7 Å². The smallest absolute Gasteiger partial charge is 0.251 e. The Kier molecular flexibility index (Phi) is 8.16. The molecule has 3 rings (SSSR count). The van der Waals surface area contributed by atoms with Crippen LogP contribution in [0.2, 0.25) is 0 Å². The van der Waals surface area contributed by atoms with Crippen molar-refractivity contribution in [3.63, 3.8) is 0 Å². The molecule has 0 radical (unpaired) electrons. The molecule has 2 aromatic rings. The van der Waals surface area contributed by atoms with E-state index in [-0.39, 0.29) is 30.8 Å². The highest BCUT2D eigenvalue weighted by Crippen LogP contribution is 2.08. The van der Waals surface area contributed by atoms with E-state index >= 15 is 0 Å². The minimum Gasteiger partial charge on any atom is -0.353 e. The summed E-state index contributed by atoms with van der Waals surface area (Å²) in [4.78, 5) is 36.8. The molecular weight excluding hydrogens is 360 g/mol. The third-order valence-electron chi connectivity index (χ3n) is 3.98. The lowest BCUT2D eigenvalue weighted by atomic mass is 10.2. The maximum Gasteiger partial charge on any atom is 0.251 e. The van der Waals surface area contributed by atoms with Gasteiger partial charge in [0.05, 0.1) is 18.8 Å². The second-order valence-corrected chi connectivity index (χ2v) is 6.13. The van der Waals surface area contributed by atoms with E-state index in [1.165, 1.54) is 4.90 Å². The highest BCUT2D eigenvalue weighted by molar-refractivity contribution is 5.97. The lowest BCUT2D eigenvalue weighted by molar-refractivity contribution is -0.137. The Morgan fingerprint density at radius 2 is 2.00 bits per heavy atom. The normalized spacial score (nSPS) is 13.2. The summed E-state index contributed by atoms with van der Waals surface area (Å²) in [6, 6.07) is 8.71. The Morgan fingerprint density at radius 3 is 2.57 bits per heavy atom. The number of carbonyl (C=O) groups is 3. The molecule has 4 N–H and O–H groups in total. The second-order valence-electron chi connectivity index (χ2n) is 6.13. The molecule has 1 fully saturated rings. The molecule has 0 spiro atoms. The molecule has 0 unspecified atom stereocenters. The van der Waals surface area contributed by atoms with Crippen LogP contribution in [-0.2, 0) is 9.59 Å². The quantitative estimate of drug-likeness (QED) is 0.663. The van der Waals surface area contributed by atoms with E-state index in [0.717, 1.165) is 18.7 Å². The van der Waals surface area contributed by atoms with E-state index < -0.39 is 0 Å². The van der Waals surface area contributed by atoms with Gasteiger partial charge in [0.15, 0.2) is 0 Å². The molecule has 2 heterocycles. The van der Waals surface area contributed by atoms with Crippen LogP contribution in [0.15, 0.2) is 42.7 Å². The Balaban J connectivity index is 0.000000640. The van der Waals surface area contributed by atoms with Gasteiger partial charge in [0.1, 0.15) is 0 Å². The molecule has 28 heavy (non-hydrogen) atoms. The van der Waals surface area contributed by atoms with Crippen LogP contribution in [0, 0.1) is 0 Å². The molecule has 1 aliphatic rings. The second kappa shape index (κ2) is 10.8. The van der Waals surface area contributed by atoms with Gasteiger partial charge in [0.2, 0.25) is 11.8 Å². The summed E-state index contributed by atoms with van der Waals surface area (Å²) in [6.07, 6.45) is 4.58. The standard InChI is InChI=1S/C16H17N5O3.C3H9N/c22-14-11-20(9-7-17-14)15(23)10-18-16(24)12-2-4-13(5-3-12)21-8-1-6-19-21;1-2-3-4/h1-6,8H,7,9-11H2,(H,17,22)(H,18,24);2-4H2,1H3. The molecule has 9 heteroatoms. The van der Waals surface area contributed by atoms with Gasteiger partial charge in [0.25, 0.3) is 5.91 Å². The monoisotopic (exact) mass is 386 g/mol. The fraction of sp³-hybridized carbons (Fsp3) is 0.368. The van der Waals surface area contributed by atoms with Crippen LogP contribution in [0.1, 0.15) is 23.7 Å². The Labute approximate surface area is 163 Å². The minimum atomic E-state index is -0.336. The van der Waals surface area contributed by atoms with Crippen LogP contribution >= 0.6 is 0 Å². The number of nitrogens with zero attached hydrogens (tertiary/aromatic N) is 3. The topological polar surface area (TPSA) is 122 Å². The van der Waals surface area contributed by atoms with Crippen LogP contribution in [0.25, 0.3) is 5.69 Å². The molecule has 1 aromatic heterocycles. The van der Waals surface area contributed by atoms with Gasteiger partial charge in [-0.1, -0.05) is 6.92 Å². The van der Waals surface area contributed by atoms with Crippen LogP contribution in [0.4, 0.5) is 0 Å². The maximum absolute atomic E-state index is 12.1. The summed E-state index contributed by atoms with van der Waals surface area (Å²) in [6.45, 7) is 3.67. The van der Waals surface area contributed by atoms with E-state index in [9.17, 15) is 14.4 Å². The number of hydrogen-bond acceptors (Lipinski definition) is 5. The van der Waals surface area contributed by atoms with Gasteiger partial charge in [-0.25, -0.2) is 4.68 Å². The first kappa shape index (κ1) is 21.1. The van der Waals surface area contributed by atoms with Crippen molar-refractivity contribution < 1.29 is 14.4 Å². The highest BCUT2D eigenvalue weighted by atomic mass is 16.2. The zero-order chi connectivity index (χ0) is 20.4. The van der Waals surface area contributed by atoms with Gasteiger partial charge in [-0.05, 0) is 43.3 Å². The largest absolute Gasteiger partial charge is 0.353 e. The Hall–Kier alpha value is -3.20. The molecule has 3 amide bonds. The zero-order valence-electron chi connectivity index (χ0n) is 15.9. The van der Waals surface area contributed by atoms with E-state index in [4.69, 9.17) is 5.73 Å². The lowest BCUT2D eigenvalue weighted by Gasteiger charge is -2.26. The third-order valence-corrected chi connectivity index (χ3v) is 3.98. The van der Waals surface area contributed by atoms with Gasteiger partial charge >= 0.3 is 0 Å². The lowest BCUT2D eigenvalue weighted by Crippen LogP contribution is -2.52. The molecule has 0 bridgehead atoms. The average Bonchev–Trinajstić information content (AvgIpc) is 3.27. The van der Waals surface area contributed by atoms with E-state index in [1.54, 1.807) is 35.1 Å². The molecule has 1 aliphatic heterocycles. The number of carbonyl (C=O) groups excluding carboxylic acids is 3. The summed E-state index contributed by atoms with van der Waals surface area (Å²) in [5.74, 6) is -0.793. The van der Waals surface area contributed by atoms with Crippen molar-refractivity contribution in [1.29, 1.82) is 0 Å². The molecule has 1 aromatic carbocycles. The first-order valence-electron chi connectivity index (χ1n) is 9.18. The van der Waals surface area contributed by atoms with Crippen molar-refractivity contribution in [3.05, 3.63) is 48.3 Å². The third kappa shape index (κ3) is 6.20. The van der Waals surface area contributed by atoms with Crippen LogP contribution in [-0.4, -0.2) is 65.1 Å². The molecule has 0 saturated carbocycles. The maximum atomic E-state index is 12.1. The fourth-order valence-corrected chi connectivity index (χ4v) is 2.41. The molecule has 0 atom stereocenters. The van der Waals surface area contributed by atoms with Crippen molar-refractivity contribution in [1.82, 2.24) is 25.3 Å².